The number of hydrogen-bond donors (Lipinski definition) is 5. The molecule has 0 aliphatic carbocycles. The third kappa shape index (κ3) is 15.2. The van der Waals surface area contributed by atoms with E-state index >= 15 is 0 Å². The summed E-state index contributed by atoms with van der Waals surface area (Å²) in [7, 11) is -8.26. The van der Waals surface area contributed by atoms with Crippen LogP contribution in [0.3, 0.4) is 0 Å². The van der Waals surface area contributed by atoms with E-state index < -0.39 is 83.9 Å². The number of carboxylic acid groups (broad SMARTS) is 2. The molecule has 0 radical (unpaired) electrons. The van der Waals surface area contributed by atoms with Crippen LogP contribution in [0.15, 0.2) is 30.3 Å². The first-order valence-electron chi connectivity index (χ1n) is 14.2. The molecule has 0 bridgehead atoms. The second-order valence-electron chi connectivity index (χ2n) is 9.90. The molecule has 268 valence electrons. The normalized spacial score (nSPS) is 14.0. The predicted octanol–water partition coefficient (Wildman–Crippen LogP) is 1.70. The highest BCUT2D eigenvalue weighted by molar-refractivity contribution is 7.91. The zero-order valence-electron chi connectivity index (χ0n) is 25.3. The highest BCUT2D eigenvalue weighted by Gasteiger charge is 2.39. The second-order valence-corrected chi connectivity index (χ2v) is 16.0. The number of aliphatic carboxylic acids is 2. The molecule has 47 heavy (non-hydrogen) atoms. The maximum atomic E-state index is 14.2. The van der Waals surface area contributed by atoms with E-state index in [4.69, 9.17) is 61.8 Å². The molecule has 1 aromatic carbocycles. The molecule has 0 spiro atoms. The van der Waals surface area contributed by atoms with Gasteiger partial charge in [0.25, 0.3) is 0 Å². The first kappa shape index (κ1) is 43.3. The summed E-state index contributed by atoms with van der Waals surface area (Å²) >= 11 is 23.6. The fraction of sp³-hybridized carbons (Fsp3) is 0.615. The van der Waals surface area contributed by atoms with Crippen LogP contribution >= 0.6 is 54.1 Å². The molecule has 6 N–H and O–H groups in total. The fourth-order valence-corrected chi connectivity index (χ4v) is 9.20. The Labute approximate surface area is 293 Å². The molecule has 1 rings (SSSR count). The second kappa shape index (κ2) is 22.1. The SMILES string of the molecule is NC(CCC(=O)N[C@@H](CS(=O)(=O)CCOP(=O)(N(CCCl)CCCl)N(CCCl)CCCl)C(=O)N[C@@H](C(=O)O)c1ccccc1)C(=O)O. The first-order chi connectivity index (χ1) is 22.1. The van der Waals surface area contributed by atoms with E-state index in [0.29, 0.717) is 0 Å². The molecule has 0 saturated heterocycles. The van der Waals surface area contributed by atoms with Gasteiger partial charge in [-0.15, -0.1) is 46.4 Å². The van der Waals surface area contributed by atoms with Gasteiger partial charge >= 0.3 is 19.6 Å². The number of carbonyl (C=O) groups is 4. The van der Waals surface area contributed by atoms with Crippen LogP contribution in [0.2, 0.25) is 0 Å². The van der Waals surface area contributed by atoms with Crippen LogP contribution in [0, 0.1) is 0 Å². The summed E-state index contributed by atoms with van der Waals surface area (Å²) in [6, 6.07) is 2.77. The average molecular weight is 787 g/mol. The molecule has 0 aliphatic rings. The Morgan fingerprint density at radius 2 is 1.38 bits per heavy atom. The maximum Gasteiger partial charge on any atom is 0.346 e. The highest BCUT2D eigenvalue weighted by atomic mass is 35.5. The van der Waals surface area contributed by atoms with E-state index in [1.165, 1.54) is 33.6 Å². The van der Waals surface area contributed by atoms with Crippen LogP contribution in [0.5, 0.6) is 0 Å². The molecule has 1 aromatic rings. The Balaban J connectivity index is 3.26. The Morgan fingerprint density at radius 3 is 1.83 bits per heavy atom. The number of benzene rings is 1. The van der Waals surface area contributed by atoms with E-state index in [2.05, 4.69) is 10.6 Å². The van der Waals surface area contributed by atoms with Crippen LogP contribution in [-0.2, 0) is 38.1 Å². The fourth-order valence-electron chi connectivity index (χ4n) is 4.12. The lowest BCUT2D eigenvalue weighted by atomic mass is 10.1. The van der Waals surface area contributed by atoms with Crippen LogP contribution in [-0.4, -0.2) is 132 Å². The highest BCUT2D eigenvalue weighted by Crippen LogP contribution is 2.54. The lowest BCUT2D eigenvalue weighted by molar-refractivity contribution is -0.142. The first-order valence-corrected chi connectivity index (χ1v) is 19.7. The smallest absolute Gasteiger partial charge is 0.346 e. The van der Waals surface area contributed by atoms with Crippen molar-refractivity contribution in [2.24, 2.45) is 5.73 Å². The molecule has 15 nitrogen and oxygen atoms in total. The van der Waals surface area contributed by atoms with Crippen LogP contribution in [0.4, 0.5) is 0 Å². The molecule has 0 heterocycles. The number of hydrogen-bond acceptors (Lipinski definition) is 9. The van der Waals surface area contributed by atoms with E-state index in [9.17, 15) is 37.3 Å². The van der Waals surface area contributed by atoms with E-state index in [-0.39, 0.29) is 61.7 Å². The molecule has 21 heteroatoms. The van der Waals surface area contributed by atoms with E-state index in [1.54, 1.807) is 6.07 Å². The Bertz CT molecular complexity index is 1290. The van der Waals surface area contributed by atoms with Crippen LogP contribution < -0.4 is 16.4 Å². The van der Waals surface area contributed by atoms with Gasteiger partial charge in [-0.2, -0.15) is 0 Å². The Hall–Kier alpha value is -1.72. The van der Waals surface area contributed by atoms with Crippen molar-refractivity contribution in [1.29, 1.82) is 0 Å². The minimum Gasteiger partial charge on any atom is -0.480 e. The molecule has 0 aromatic heterocycles. The Kier molecular flexibility index (Phi) is 20.3. The molecular formula is C26H40Cl4N5O10PS. The van der Waals surface area contributed by atoms with Gasteiger partial charge in [-0.1, -0.05) is 30.3 Å². The number of halogens is 4. The largest absolute Gasteiger partial charge is 0.480 e. The number of carbonyl (C=O) groups excluding carboxylic acids is 2. The minimum atomic E-state index is -4.29. The summed E-state index contributed by atoms with van der Waals surface area (Å²) < 4.78 is 49.2. The molecule has 0 aliphatic heterocycles. The number of rotatable bonds is 25. The number of nitrogens with two attached hydrogens (primary N) is 1. The van der Waals surface area contributed by atoms with Crippen molar-refractivity contribution in [3.63, 3.8) is 0 Å². The summed E-state index contributed by atoms with van der Waals surface area (Å²) in [5.74, 6) is -6.46. The number of alkyl halides is 4. The van der Waals surface area contributed by atoms with Gasteiger partial charge in [0.15, 0.2) is 15.9 Å². The van der Waals surface area contributed by atoms with Gasteiger partial charge in [0.2, 0.25) is 11.8 Å². The van der Waals surface area contributed by atoms with Gasteiger partial charge in [-0.05, 0) is 12.0 Å². The van der Waals surface area contributed by atoms with Gasteiger partial charge in [0, 0.05) is 56.1 Å². The third-order valence-electron chi connectivity index (χ3n) is 6.48. The number of nitrogens with one attached hydrogen (secondary N) is 2. The lowest BCUT2D eigenvalue weighted by Crippen LogP contribution is -2.52. The van der Waals surface area contributed by atoms with E-state index in [0.717, 1.165) is 0 Å². The quantitative estimate of drug-likeness (QED) is 0.0704. The van der Waals surface area contributed by atoms with Gasteiger partial charge in [-0.3, -0.25) is 18.9 Å². The van der Waals surface area contributed by atoms with Crippen LogP contribution in [0.25, 0.3) is 0 Å². The Morgan fingerprint density at radius 1 is 0.872 bits per heavy atom. The van der Waals surface area contributed by atoms with Crippen molar-refractivity contribution < 1.29 is 46.9 Å². The standard InChI is InChI=1S/C26H40Cl4N5O10PS/c27-8-12-34(13-9-28)46(42,35(14-10-29)15-11-30)45-16-17-47(43,44)18-21(32-22(36)7-6-20(31)25(38)39)24(37)33-23(26(40)41)19-4-2-1-3-5-19/h1-5,20-21,23H,6-18,31H2,(H,32,36)(H,33,37)(H,38,39)(H,40,41)/t20?,21-,23+/m0/s1. The topological polar surface area (TPSA) is 226 Å². The summed E-state index contributed by atoms with van der Waals surface area (Å²) in [5, 5.41) is 23.2. The molecule has 3 atom stereocenters. The number of amides is 2. The zero-order chi connectivity index (χ0) is 35.6. The van der Waals surface area contributed by atoms with Crippen molar-refractivity contribution >= 4 is 87.7 Å². The number of carboxylic acids is 2. The van der Waals surface area contributed by atoms with Crippen molar-refractivity contribution in [3.05, 3.63) is 35.9 Å². The van der Waals surface area contributed by atoms with E-state index in [1.807, 2.05) is 0 Å². The summed E-state index contributed by atoms with van der Waals surface area (Å²) in [6.45, 7) is -0.327. The van der Waals surface area contributed by atoms with Gasteiger partial charge in [0.05, 0.1) is 18.1 Å². The van der Waals surface area contributed by atoms with Gasteiger partial charge in [-0.25, -0.2) is 22.6 Å². The van der Waals surface area contributed by atoms with Crippen molar-refractivity contribution in [3.8, 4) is 0 Å². The molecule has 0 fully saturated rings. The lowest BCUT2D eigenvalue weighted by Gasteiger charge is -2.37. The van der Waals surface area contributed by atoms with Gasteiger partial charge in [0.1, 0.15) is 12.1 Å². The summed E-state index contributed by atoms with van der Waals surface area (Å²) in [4.78, 5) is 48.9. The molecular weight excluding hydrogens is 747 g/mol. The summed E-state index contributed by atoms with van der Waals surface area (Å²) in [5.41, 5.74) is 5.61. The monoisotopic (exact) mass is 785 g/mol. The molecule has 0 saturated carbocycles. The van der Waals surface area contributed by atoms with Crippen molar-refractivity contribution in [1.82, 2.24) is 20.0 Å². The summed E-state index contributed by atoms with van der Waals surface area (Å²) in [6.07, 6.45) is -0.798. The van der Waals surface area contributed by atoms with Crippen LogP contribution in [0.1, 0.15) is 24.4 Å². The molecule has 2 amide bonds. The average Bonchev–Trinajstić information content (AvgIpc) is 3.01. The number of sulfone groups is 1. The maximum absolute atomic E-state index is 14.2. The van der Waals surface area contributed by atoms with Crippen molar-refractivity contribution in [2.45, 2.75) is 31.0 Å². The zero-order valence-corrected chi connectivity index (χ0v) is 30.0. The third-order valence-corrected chi connectivity index (χ3v) is 11.5. The minimum absolute atomic E-state index is 0.0479. The van der Waals surface area contributed by atoms with Crippen molar-refractivity contribution in [2.75, 3.05) is 67.8 Å². The predicted molar refractivity (Wildman–Crippen MR) is 180 cm³/mol. The van der Waals surface area contributed by atoms with Gasteiger partial charge < -0.3 is 31.1 Å². The number of nitrogens with zero attached hydrogens (tertiary/aromatic N) is 2. The molecule has 1 unspecified atom stereocenters.